The number of benzene rings is 1. The summed E-state index contributed by atoms with van der Waals surface area (Å²) >= 11 is 1.51. The van der Waals surface area contributed by atoms with E-state index < -0.39 is 0 Å². The number of allylic oxidation sites excluding steroid dienone is 1. The number of amidine groups is 1. The number of hydrogen-bond donors (Lipinski definition) is 1. The van der Waals surface area contributed by atoms with E-state index in [2.05, 4.69) is 10.2 Å². The predicted octanol–water partition coefficient (Wildman–Crippen LogP) is 4.83. The molecule has 2 bridgehead atoms. The third-order valence-electron chi connectivity index (χ3n) is 7.41. The van der Waals surface area contributed by atoms with E-state index >= 15 is 0 Å². The van der Waals surface area contributed by atoms with Gasteiger partial charge in [0.2, 0.25) is 5.91 Å². The Kier molecular flexibility index (Phi) is 6.08. The van der Waals surface area contributed by atoms with Crippen molar-refractivity contribution in [2.75, 3.05) is 6.61 Å². The minimum atomic E-state index is -0.366. The number of esters is 1. The van der Waals surface area contributed by atoms with Crippen LogP contribution < -0.4 is 5.32 Å². The Labute approximate surface area is 199 Å². The van der Waals surface area contributed by atoms with Gasteiger partial charge in [-0.1, -0.05) is 42.4 Å². The van der Waals surface area contributed by atoms with Crippen LogP contribution in [0.3, 0.4) is 0 Å². The van der Waals surface area contributed by atoms with E-state index in [1.165, 1.54) is 31.0 Å². The van der Waals surface area contributed by atoms with Gasteiger partial charge in [0.25, 0.3) is 0 Å². The Hall–Kier alpha value is -2.54. The fourth-order valence-corrected chi connectivity index (χ4v) is 6.84. The summed E-state index contributed by atoms with van der Waals surface area (Å²) in [6.45, 7) is 6.02. The Morgan fingerprint density at radius 3 is 2.73 bits per heavy atom. The molecule has 0 aromatic heterocycles. The molecule has 7 heteroatoms. The summed E-state index contributed by atoms with van der Waals surface area (Å²) in [7, 11) is 0. The van der Waals surface area contributed by atoms with Crippen molar-refractivity contribution in [1.82, 2.24) is 10.2 Å². The summed E-state index contributed by atoms with van der Waals surface area (Å²) in [5, 5.41) is 6.11. The minimum Gasteiger partial charge on any atom is -0.463 e. The van der Waals surface area contributed by atoms with E-state index in [1.807, 2.05) is 50.4 Å². The lowest BCUT2D eigenvalue weighted by Crippen LogP contribution is -2.41. The minimum absolute atomic E-state index is 0.0492. The van der Waals surface area contributed by atoms with Gasteiger partial charge in [0.1, 0.15) is 0 Å². The molecule has 0 radical (unpaired) electrons. The normalized spacial score (nSPS) is 27.9. The second kappa shape index (κ2) is 9.01. The number of amides is 1. The highest BCUT2D eigenvalue weighted by atomic mass is 32.2. The Morgan fingerprint density at radius 2 is 2.03 bits per heavy atom. The van der Waals surface area contributed by atoms with Crippen LogP contribution >= 0.6 is 11.8 Å². The molecule has 5 rings (SSSR count). The molecule has 174 valence electrons. The van der Waals surface area contributed by atoms with Crippen molar-refractivity contribution in [3.05, 3.63) is 57.8 Å². The summed E-state index contributed by atoms with van der Waals surface area (Å²) in [6, 6.07) is 8.02. The maximum atomic E-state index is 13.1. The first-order chi connectivity index (χ1) is 16.0. The van der Waals surface area contributed by atoms with E-state index in [9.17, 15) is 9.59 Å². The first-order valence-electron chi connectivity index (χ1n) is 11.9. The molecular weight excluding hydrogens is 434 g/mol. The molecule has 2 saturated carbocycles. The van der Waals surface area contributed by atoms with Crippen LogP contribution in [-0.4, -0.2) is 34.6 Å². The number of nitrogens with one attached hydrogen (secondary N) is 1. The van der Waals surface area contributed by atoms with Crippen LogP contribution in [0.5, 0.6) is 0 Å². The lowest BCUT2D eigenvalue weighted by Gasteiger charge is -2.37. The van der Waals surface area contributed by atoms with Crippen molar-refractivity contribution in [1.29, 1.82) is 0 Å². The number of carbonyl (C=O) groups is 2. The molecule has 1 aromatic carbocycles. The van der Waals surface area contributed by atoms with Gasteiger partial charge in [0.05, 0.1) is 30.3 Å². The molecule has 0 spiro atoms. The number of fused-ring (bicyclic) bond motifs is 3. The zero-order valence-corrected chi connectivity index (χ0v) is 20.3. The maximum absolute atomic E-state index is 13.1. The van der Waals surface area contributed by atoms with Crippen LogP contribution in [0.1, 0.15) is 63.1 Å². The molecule has 2 aliphatic heterocycles. The van der Waals surface area contributed by atoms with Gasteiger partial charge in [-0.05, 0) is 68.4 Å². The molecule has 33 heavy (non-hydrogen) atoms. The van der Waals surface area contributed by atoms with Crippen molar-refractivity contribution in [2.45, 2.75) is 65.0 Å². The first-order valence-corrected chi connectivity index (χ1v) is 12.8. The molecule has 2 heterocycles. The van der Waals surface area contributed by atoms with Crippen LogP contribution in [0.2, 0.25) is 0 Å². The van der Waals surface area contributed by atoms with Gasteiger partial charge in [-0.15, -0.1) is 0 Å². The van der Waals surface area contributed by atoms with Crippen LogP contribution in [0.4, 0.5) is 0 Å². The third kappa shape index (κ3) is 4.12. The second-order valence-electron chi connectivity index (χ2n) is 9.50. The van der Waals surface area contributed by atoms with Gasteiger partial charge in [0, 0.05) is 11.7 Å². The average molecular weight is 466 g/mol. The number of thioether (sulfide) groups is 1. The van der Waals surface area contributed by atoms with Gasteiger partial charge < -0.3 is 15.0 Å². The Bertz CT molecular complexity index is 1080. The van der Waals surface area contributed by atoms with Gasteiger partial charge in [-0.25, -0.2) is 9.79 Å². The number of rotatable bonds is 6. The number of hydrogen-bond acceptors (Lipinski definition) is 6. The standard InChI is InChI=1S/C26H31N3O3S/c1-4-32-25(31)23-16(3)27-26-29(24(23)20-8-6-5-7-15(20)2)19(14-33-26)13-22(30)28-21-12-17-9-10-18(21)11-17/h5-8,14,17-18,21,24H,4,9-13H2,1-3H3,(H,28,30)/t17-,18-,21-,24+/m0/s1. The topological polar surface area (TPSA) is 71.0 Å². The van der Waals surface area contributed by atoms with E-state index in [0.717, 1.165) is 34.3 Å². The Morgan fingerprint density at radius 1 is 1.21 bits per heavy atom. The monoisotopic (exact) mass is 465 g/mol. The number of nitrogens with zero attached hydrogens (tertiary/aromatic N) is 2. The summed E-state index contributed by atoms with van der Waals surface area (Å²) < 4.78 is 5.43. The zero-order chi connectivity index (χ0) is 23.1. The summed E-state index contributed by atoms with van der Waals surface area (Å²) in [5.41, 5.74) is 4.19. The molecule has 0 unspecified atom stereocenters. The molecule has 4 aliphatic rings. The van der Waals surface area contributed by atoms with Crippen molar-refractivity contribution in [2.24, 2.45) is 16.8 Å². The highest BCUT2D eigenvalue weighted by molar-refractivity contribution is 8.16. The third-order valence-corrected chi connectivity index (χ3v) is 8.29. The molecule has 1 amide bonds. The maximum Gasteiger partial charge on any atom is 0.338 e. The number of ether oxygens (including phenoxy) is 1. The second-order valence-corrected chi connectivity index (χ2v) is 10.3. The average Bonchev–Trinajstić information content (AvgIpc) is 3.50. The molecular formula is C26H31N3O3S. The van der Waals surface area contributed by atoms with Crippen molar-refractivity contribution < 1.29 is 14.3 Å². The van der Waals surface area contributed by atoms with E-state index in [1.54, 1.807) is 0 Å². The van der Waals surface area contributed by atoms with Crippen LogP contribution in [0.25, 0.3) is 0 Å². The molecule has 2 fully saturated rings. The van der Waals surface area contributed by atoms with Gasteiger partial charge in [0.15, 0.2) is 5.17 Å². The first kappa shape index (κ1) is 22.3. The molecule has 4 atom stereocenters. The van der Waals surface area contributed by atoms with Crippen molar-refractivity contribution >= 4 is 28.8 Å². The SMILES string of the molecule is CCOC(=O)C1=C(C)N=C2SC=C(CC(=O)N[C@H]3C[C@H]4CC[C@H]3C4)N2[C@@H]1c1ccccc1C. The van der Waals surface area contributed by atoms with E-state index in [-0.39, 0.29) is 24.3 Å². The van der Waals surface area contributed by atoms with Crippen LogP contribution in [0, 0.1) is 18.8 Å². The highest BCUT2D eigenvalue weighted by Gasteiger charge is 2.43. The fourth-order valence-electron chi connectivity index (χ4n) is 5.87. The molecule has 0 saturated heterocycles. The summed E-state index contributed by atoms with van der Waals surface area (Å²) in [5.74, 6) is 1.12. The Balaban J connectivity index is 1.43. The number of aliphatic imine (C=N–C) groups is 1. The van der Waals surface area contributed by atoms with E-state index in [0.29, 0.717) is 29.8 Å². The summed E-state index contributed by atoms with van der Waals surface area (Å²) in [4.78, 5) is 32.9. The van der Waals surface area contributed by atoms with Gasteiger partial charge >= 0.3 is 5.97 Å². The van der Waals surface area contributed by atoms with Crippen LogP contribution in [-0.2, 0) is 14.3 Å². The highest BCUT2D eigenvalue weighted by Crippen LogP contribution is 2.46. The lowest BCUT2D eigenvalue weighted by molar-refractivity contribution is -0.139. The van der Waals surface area contributed by atoms with Gasteiger partial charge in [-0.3, -0.25) is 4.79 Å². The fraction of sp³-hybridized carbons (Fsp3) is 0.500. The smallest absolute Gasteiger partial charge is 0.338 e. The zero-order valence-electron chi connectivity index (χ0n) is 19.5. The van der Waals surface area contributed by atoms with Crippen molar-refractivity contribution in [3.8, 4) is 0 Å². The van der Waals surface area contributed by atoms with Crippen LogP contribution in [0.15, 0.2) is 51.6 Å². The summed E-state index contributed by atoms with van der Waals surface area (Å²) in [6.07, 6.45) is 5.19. The van der Waals surface area contributed by atoms with E-state index in [4.69, 9.17) is 9.73 Å². The predicted molar refractivity (Wildman–Crippen MR) is 130 cm³/mol. The molecule has 1 aromatic rings. The number of carbonyl (C=O) groups excluding carboxylic acids is 2. The molecule has 2 aliphatic carbocycles. The number of aryl methyl sites for hydroxylation is 1. The van der Waals surface area contributed by atoms with Crippen molar-refractivity contribution in [3.63, 3.8) is 0 Å². The van der Waals surface area contributed by atoms with Gasteiger partial charge in [-0.2, -0.15) is 0 Å². The quantitative estimate of drug-likeness (QED) is 0.610. The molecule has 6 nitrogen and oxygen atoms in total. The lowest BCUT2D eigenvalue weighted by atomic mass is 9.91. The largest absolute Gasteiger partial charge is 0.463 e. The molecule has 1 N–H and O–H groups in total.